The molecule has 2 aliphatic carbocycles. The van der Waals surface area contributed by atoms with Gasteiger partial charge in [0.2, 0.25) is 5.91 Å². The van der Waals surface area contributed by atoms with Crippen molar-refractivity contribution in [3.63, 3.8) is 0 Å². The van der Waals surface area contributed by atoms with E-state index >= 15 is 0 Å². The molecule has 8 nitrogen and oxygen atoms in total. The monoisotopic (exact) mass is 529 g/mol. The highest BCUT2D eigenvalue weighted by molar-refractivity contribution is 6.09. The fourth-order valence-electron chi connectivity index (χ4n) is 5.02. The summed E-state index contributed by atoms with van der Waals surface area (Å²) < 4.78 is 47.7. The van der Waals surface area contributed by atoms with Gasteiger partial charge >= 0.3 is 0 Å². The van der Waals surface area contributed by atoms with Crippen LogP contribution in [0.1, 0.15) is 67.1 Å². The van der Waals surface area contributed by atoms with Crippen molar-refractivity contribution in [3.05, 3.63) is 41.3 Å². The molecule has 2 fully saturated rings. The number of carbonyl (C=O) groups excluding carboxylic acids is 2. The lowest BCUT2D eigenvalue weighted by Gasteiger charge is -2.32. The van der Waals surface area contributed by atoms with Crippen molar-refractivity contribution >= 4 is 22.8 Å². The van der Waals surface area contributed by atoms with E-state index in [1.807, 2.05) is 0 Å². The minimum atomic E-state index is -2.67. The van der Waals surface area contributed by atoms with E-state index in [2.05, 4.69) is 25.6 Å². The highest BCUT2D eigenvalue weighted by atomic mass is 19.3. The number of hydrogen-bond acceptors (Lipinski definition) is 5. The average molecular weight is 530 g/mol. The number of H-pyrrole nitrogens is 1. The van der Waals surface area contributed by atoms with Crippen LogP contribution >= 0.6 is 0 Å². The Balaban J connectivity index is 1.43. The first-order valence-corrected chi connectivity index (χ1v) is 12.8. The third-order valence-electron chi connectivity index (χ3n) is 7.18. The molecule has 0 unspecified atom stereocenters. The molecule has 11 heteroatoms. The van der Waals surface area contributed by atoms with E-state index in [0.29, 0.717) is 59.1 Å². The first-order chi connectivity index (χ1) is 18.2. The largest absolute Gasteiger partial charge is 0.493 e. The Bertz CT molecular complexity index is 1360. The van der Waals surface area contributed by atoms with Gasteiger partial charge in [-0.25, -0.2) is 23.1 Å². The molecule has 2 amide bonds. The summed E-state index contributed by atoms with van der Waals surface area (Å²) in [5.41, 5.74) is 2.15. The molecule has 0 radical (unpaired) electrons. The Morgan fingerprint density at radius 2 is 1.95 bits per heavy atom. The Morgan fingerprint density at radius 1 is 1.16 bits per heavy atom. The summed E-state index contributed by atoms with van der Waals surface area (Å²) in [6.45, 7) is 3.56. The molecule has 0 saturated heterocycles. The minimum absolute atomic E-state index is 0.0838. The molecule has 1 aromatic carbocycles. The molecule has 202 valence electrons. The molecular weight excluding hydrogens is 499 g/mol. The second-order valence-electron chi connectivity index (χ2n) is 10.2. The molecule has 3 N–H and O–H groups in total. The Labute approximate surface area is 217 Å². The van der Waals surface area contributed by atoms with Crippen molar-refractivity contribution in [1.29, 1.82) is 0 Å². The Hall–Kier alpha value is -3.63. The molecule has 3 atom stereocenters. The number of aryl methyl sites for hydroxylation is 1. The summed E-state index contributed by atoms with van der Waals surface area (Å²) in [6.07, 6.45) is 0.513. The van der Waals surface area contributed by atoms with Gasteiger partial charge in [-0.3, -0.25) is 9.59 Å². The van der Waals surface area contributed by atoms with Crippen molar-refractivity contribution in [2.75, 3.05) is 6.61 Å². The standard InChI is InChI=1S/C27H30F3N5O3/c1-13-22(27(37)35-17-6-7-20(19(28)10-17)34-14(2)36)24-25(33-13)23(31-12-32-24)18-9-16(26(29)30)5-8-21(18)38-11-15-3-4-15/h5,8-9,12,15,17,19-20,26,33H,3-4,6-7,10-11H2,1-2H3,(H,34,36)(H,35,37)/t17-,19+,20+/m0/s1. The first-order valence-electron chi connectivity index (χ1n) is 12.8. The zero-order chi connectivity index (χ0) is 27.0. The number of halogens is 3. The Morgan fingerprint density at radius 3 is 2.63 bits per heavy atom. The van der Waals surface area contributed by atoms with Crippen molar-refractivity contribution in [3.8, 4) is 17.0 Å². The molecule has 0 aliphatic heterocycles. The number of hydrogen-bond donors (Lipinski definition) is 3. The van der Waals surface area contributed by atoms with E-state index in [-0.39, 0.29) is 23.5 Å². The lowest BCUT2D eigenvalue weighted by atomic mass is 9.89. The highest BCUT2D eigenvalue weighted by Gasteiger charge is 2.33. The van der Waals surface area contributed by atoms with Crippen LogP contribution in [-0.2, 0) is 4.79 Å². The maximum Gasteiger partial charge on any atom is 0.263 e. The number of amides is 2. The Kier molecular flexibility index (Phi) is 7.27. The fourth-order valence-corrected chi connectivity index (χ4v) is 5.02. The van der Waals surface area contributed by atoms with E-state index in [4.69, 9.17) is 4.74 Å². The summed E-state index contributed by atoms with van der Waals surface area (Å²) >= 11 is 0. The van der Waals surface area contributed by atoms with Crippen molar-refractivity contribution < 1.29 is 27.5 Å². The van der Waals surface area contributed by atoms with Crippen LogP contribution in [0.3, 0.4) is 0 Å². The second kappa shape index (κ2) is 10.6. The van der Waals surface area contributed by atoms with Crippen molar-refractivity contribution in [2.45, 2.75) is 70.6 Å². The lowest BCUT2D eigenvalue weighted by Crippen LogP contribution is -2.49. The SMILES string of the molecule is CC(=O)N[C@@H]1CC[C@H](NC(=O)c2c(C)[nH]c3c(-c4cc(C(F)F)ccc4OCC4CC4)ncnc23)C[C@H]1F. The molecule has 2 aromatic heterocycles. The molecule has 2 aliphatic rings. The van der Waals surface area contributed by atoms with Gasteiger partial charge in [0, 0.05) is 36.2 Å². The van der Waals surface area contributed by atoms with Crippen LogP contribution in [0.15, 0.2) is 24.5 Å². The van der Waals surface area contributed by atoms with Crippen LogP contribution in [0.25, 0.3) is 22.3 Å². The number of benzene rings is 1. The molecule has 38 heavy (non-hydrogen) atoms. The van der Waals surface area contributed by atoms with E-state index in [1.165, 1.54) is 31.5 Å². The smallest absolute Gasteiger partial charge is 0.263 e. The molecule has 0 spiro atoms. The normalized spacial score (nSPS) is 21.5. The van der Waals surface area contributed by atoms with E-state index in [9.17, 15) is 22.8 Å². The van der Waals surface area contributed by atoms with Crippen LogP contribution in [-0.4, -0.2) is 51.6 Å². The van der Waals surface area contributed by atoms with Gasteiger partial charge in [-0.05, 0) is 56.7 Å². The van der Waals surface area contributed by atoms with Crippen molar-refractivity contribution in [1.82, 2.24) is 25.6 Å². The summed E-state index contributed by atoms with van der Waals surface area (Å²) in [7, 11) is 0. The van der Waals surface area contributed by atoms with Gasteiger partial charge in [0.1, 0.15) is 29.5 Å². The van der Waals surface area contributed by atoms with Gasteiger partial charge in [0.25, 0.3) is 12.3 Å². The topological polar surface area (TPSA) is 109 Å². The van der Waals surface area contributed by atoms with Crippen molar-refractivity contribution in [2.24, 2.45) is 5.92 Å². The predicted molar refractivity (Wildman–Crippen MR) is 135 cm³/mol. The molecule has 2 heterocycles. The highest BCUT2D eigenvalue weighted by Crippen LogP contribution is 2.38. The second-order valence-corrected chi connectivity index (χ2v) is 10.2. The molecule has 5 rings (SSSR count). The van der Waals surface area contributed by atoms with Crippen LogP contribution < -0.4 is 15.4 Å². The van der Waals surface area contributed by atoms with E-state index in [0.717, 1.165) is 12.8 Å². The average Bonchev–Trinajstić information content (AvgIpc) is 3.63. The summed E-state index contributed by atoms with van der Waals surface area (Å²) in [5.74, 6) is 0.193. The van der Waals surface area contributed by atoms with Gasteiger partial charge in [0.15, 0.2) is 0 Å². The summed E-state index contributed by atoms with van der Waals surface area (Å²) in [6, 6.07) is 3.26. The van der Waals surface area contributed by atoms with E-state index < -0.39 is 30.6 Å². The van der Waals surface area contributed by atoms with Gasteiger partial charge < -0.3 is 20.4 Å². The maximum atomic E-state index is 14.6. The number of aromatic nitrogens is 3. The van der Waals surface area contributed by atoms with Crippen LogP contribution in [0, 0.1) is 12.8 Å². The summed E-state index contributed by atoms with van der Waals surface area (Å²) in [5, 5.41) is 5.51. The lowest BCUT2D eigenvalue weighted by molar-refractivity contribution is -0.120. The molecular formula is C27H30F3N5O3. The van der Waals surface area contributed by atoms with Gasteiger partial charge in [0.05, 0.1) is 23.7 Å². The van der Waals surface area contributed by atoms with Crippen LogP contribution in [0.2, 0.25) is 0 Å². The van der Waals surface area contributed by atoms with Crippen LogP contribution in [0.5, 0.6) is 5.75 Å². The van der Waals surface area contributed by atoms with Gasteiger partial charge in [-0.1, -0.05) is 0 Å². The minimum Gasteiger partial charge on any atom is -0.493 e. The molecule has 2 saturated carbocycles. The molecule has 3 aromatic rings. The zero-order valence-electron chi connectivity index (χ0n) is 21.2. The number of fused-ring (bicyclic) bond motifs is 1. The van der Waals surface area contributed by atoms with Gasteiger partial charge in [-0.15, -0.1) is 0 Å². The number of nitrogens with zero attached hydrogens (tertiary/aromatic N) is 2. The fraction of sp³-hybridized carbons (Fsp3) is 0.481. The van der Waals surface area contributed by atoms with Crippen LogP contribution in [0.4, 0.5) is 13.2 Å². The third kappa shape index (κ3) is 5.46. The van der Waals surface area contributed by atoms with E-state index in [1.54, 1.807) is 6.92 Å². The zero-order valence-corrected chi connectivity index (χ0v) is 21.2. The number of alkyl halides is 3. The third-order valence-corrected chi connectivity index (χ3v) is 7.18. The number of carbonyl (C=O) groups is 2. The number of nitrogens with one attached hydrogen (secondary N) is 3. The quantitative estimate of drug-likeness (QED) is 0.389. The number of ether oxygens (including phenoxy) is 1. The summed E-state index contributed by atoms with van der Waals surface area (Å²) in [4.78, 5) is 36.4. The predicted octanol–water partition coefficient (Wildman–Crippen LogP) is 4.78. The number of aromatic amines is 1. The van der Waals surface area contributed by atoms with Gasteiger partial charge in [-0.2, -0.15) is 0 Å². The maximum absolute atomic E-state index is 14.6. The number of rotatable bonds is 8. The first kappa shape index (κ1) is 26.0. The molecule has 0 bridgehead atoms.